The summed E-state index contributed by atoms with van der Waals surface area (Å²) < 4.78 is 3.45. The third-order valence-corrected chi connectivity index (χ3v) is 5.05. The van der Waals surface area contributed by atoms with E-state index in [0.717, 1.165) is 31.8 Å². The number of nitrogens with zero attached hydrogens (tertiary/aromatic N) is 2. The van der Waals surface area contributed by atoms with Crippen molar-refractivity contribution < 1.29 is 0 Å². The SMILES string of the molecule is CCCn1ccnc1CC(NCC)c1sccc1Br. The van der Waals surface area contributed by atoms with Gasteiger partial charge in [-0.3, -0.25) is 0 Å². The predicted molar refractivity (Wildman–Crippen MR) is 84.7 cm³/mol. The van der Waals surface area contributed by atoms with Crippen LogP contribution in [-0.4, -0.2) is 16.1 Å². The summed E-state index contributed by atoms with van der Waals surface area (Å²) in [4.78, 5) is 5.86. The van der Waals surface area contributed by atoms with Gasteiger partial charge in [0.15, 0.2) is 0 Å². The van der Waals surface area contributed by atoms with Crippen LogP contribution in [0, 0.1) is 0 Å². The van der Waals surface area contributed by atoms with E-state index < -0.39 is 0 Å². The number of thiophene rings is 1. The van der Waals surface area contributed by atoms with Gasteiger partial charge in [0.1, 0.15) is 5.82 Å². The van der Waals surface area contributed by atoms with E-state index in [0.29, 0.717) is 6.04 Å². The standard InChI is InChI=1S/C14H20BrN3S/c1-3-7-18-8-6-17-13(18)10-12(16-4-2)14-11(15)5-9-19-14/h5-6,8-9,12,16H,3-4,7,10H2,1-2H3. The van der Waals surface area contributed by atoms with Crippen molar-refractivity contribution in [3.05, 3.63) is 39.0 Å². The lowest BCUT2D eigenvalue weighted by Gasteiger charge is -2.17. The first-order valence-corrected chi connectivity index (χ1v) is 8.39. The monoisotopic (exact) mass is 341 g/mol. The summed E-state index contributed by atoms with van der Waals surface area (Å²) in [5.41, 5.74) is 0. The Morgan fingerprint density at radius 2 is 2.32 bits per heavy atom. The fourth-order valence-electron chi connectivity index (χ4n) is 2.22. The Hall–Kier alpha value is -0.650. The number of hydrogen-bond donors (Lipinski definition) is 1. The minimum atomic E-state index is 0.331. The zero-order valence-electron chi connectivity index (χ0n) is 11.4. The number of hydrogen-bond acceptors (Lipinski definition) is 3. The van der Waals surface area contributed by atoms with E-state index in [1.165, 1.54) is 9.35 Å². The topological polar surface area (TPSA) is 29.9 Å². The van der Waals surface area contributed by atoms with Gasteiger partial charge in [0.05, 0.1) is 0 Å². The molecular formula is C14H20BrN3S. The maximum atomic E-state index is 4.51. The lowest BCUT2D eigenvalue weighted by molar-refractivity contribution is 0.521. The fraction of sp³-hybridized carbons (Fsp3) is 0.500. The van der Waals surface area contributed by atoms with Crippen molar-refractivity contribution in [3.8, 4) is 0 Å². The van der Waals surface area contributed by atoms with Gasteiger partial charge in [0, 0.05) is 40.8 Å². The first-order chi connectivity index (χ1) is 9.26. The molecule has 1 unspecified atom stereocenters. The lowest BCUT2D eigenvalue weighted by atomic mass is 10.1. The number of rotatable bonds is 7. The summed E-state index contributed by atoms with van der Waals surface area (Å²) in [6.07, 6.45) is 6.04. The van der Waals surface area contributed by atoms with E-state index in [1.807, 2.05) is 6.20 Å². The van der Waals surface area contributed by atoms with Gasteiger partial charge in [0.2, 0.25) is 0 Å². The van der Waals surface area contributed by atoms with Crippen LogP contribution in [-0.2, 0) is 13.0 Å². The molecule has 0 aliphatic heterocycles. The van der Waals surface area contributed by atoms with Crippen LogP contribution in [0.5, 0.6) is 0 Å². The molecule has 0 aliphatic rings. The van der Waals surface area contributed by atoms with Crippen LogP contribution in [0.15, 0.2) is 28.3 Å². The van der Waals surface area contributed by atoms with Crippen molar-refractivity contribution in [2.45, 2.75) is 39.3 Å². The Kier molecular flexibility index (Phi) is 5.60. The molecule has 0 saturated heterocycles. The normalized spacial score (nSPS) is 12.8. The van der Waals surface area contributed by atoms with Crippen LogP contribution < -0.4 is 5.32 Å². The number of aromatic nitrogens is 2. The molecule has 2 aromatic rings. The highest BCUT2D eigenvalue weighted by atomic mass is 79.9. The number of halogens is 1. The molecule has 1 N–H and O–H groups in total. The van der Waals surface area contributed by atoms with Gasteiger partial charge in [-0.15, -0.1) is 11.3 Å². The van der Waals surface area contributed by atoms with Crippen LogP contribution in [0.25, 0.3) is 0 Å². The fourth-order valence-corrected chi connectivity index (χ4v) is 3.94. The van der Waals surface area contributed by atoms with E-state index in [-0.39, 0.29) is 0 Å². The maximum absolute atomic E-state index is 4.51. The minimum absolute atomic E-state index is 0.331. The van der Waals surface area contributed by atoms with Crippen LogP contribution in [0.1, 0.15) is 37.0 Å². The van der Waals surface area contributed by atoms with E-state index in [2.05, 4.69) is 62.3 Å². The summed E-state index contributed by atoms with van der Waals surface area (Å²) >= 11 is 5.43. The van der Waals surface area contributed by atoms with Gasteiger partial charge in [-0.05, 0) is 40.3 Å². The molecule has 2 rings (SSSR count). The molecule has 104 valence electrons. The van der Waals surface area contributed by atoms with Gasteiger partial charge in [-0.25, -0.2) is 4.98 Å². The Morgan fingerprint density at radius 3 is 2.95 bits per heavy atom. The van der Waals surface area contributed by atoms with E-state index >= 15 is 0 Å². The third kappa shape index (κ3) is 3.68. The number of aryl methyl sites for hydroxylation is 1. The number of likely N-dealkylation sites (N-methyl/N-ethyl adjacent to an activating group) is 1. The maximum Gasteiger partial charge on any atom is 0.110 e. The van der Waals surface area contributed by atoms with Crippen LogP contribution in [0.3, 0.4) is 0 Å². The van der Waals surface area contributed by atoms with Crippen molar-refractivity contribution in [3.63, 3.8) is 0 Å². The molecule has 2 aromatic heterocycles. The Morgan fingerprint density at radius 1 is 1.47 bits per heavy atom. The first kappa shape index (κ1) is 14.8. The highest BCUT2D eigenvalue weighted by Gasteiger charge is 2.17. The molecule has 0 radical (unpaired) electrons. The van der Waals surface area contributed by atoms with Crippen molar-refractivity contribution >= 4 is 27.3 Å². The van der Waals surface area contributed by atoms with Crippen molar-refractivity contribution in [2.75, 3.05) is 6.54 Å². The van der Waals surface area contributed by atoms with Gasteiger partial charge in [-0.1, -0.05) is 13.8 Å². The Bertz CT molecular complexity index is 506. The predicted octanol–water partition coefficient (Wildman–Crippen LogP) is 4.01. The average Bonchev–Trinajstić information content (AvgIpc) is 2.99. The molecule has 0 amide bonds. The molecule has 1 atom stereocenters. The van der Waals surface area contributed by atoms with Crippen LogP contribution >= 0.6 is 27.3 Å². The number of nitrogens with one attached hydrogen (secondary N) is 1. The average molecular weight is 342 g/mol. The molecule has 19 heavy (non-hydrogen) atoms. The molecule has 0 saturated carbocycles. The third-order valence-electron chi connectivity index (χ3n) is 3.06. The Labute approximate surface area is 127 Å². The quantitative estimate of drug-likeness (QED) is 0.824. The smallest absolute Gasteiger partial charge is 0.110 e. The van der Waals surface area contributed by atoms with Crippen LogP contribution in [0.4, 0.5) is 0 Å². The van der Waals surface area contributed by atoms with Crippen molar-refractivity contribution in [2.24, 2.45) is 0 Å². The van der Waals surface area contributed by atoms with Gasteiger partial charge < -0.3 is 9.88 Å². The highest BCUT2D eigenvalue weighted by Crippen LogP contribution is 2.30. The zero-order chi connectivity index (χ0) is 13.7. The summed E-state index contributed by atoms with van der Waals surface area (Å²) in [5.74, 6) is 1.16. The van der Waals surface area contributed by atoms with E-state index in [9.17, 15) is 0 Å². The zero-order valence-corrected chi connectivity index (χ0v) is 13.8. The molecule has 0 fully saturated rings. The summed E-state index contributed by atoms with van der Waals surface area (Å²) in [6.45, 7) is 6.34. The molecule has 0 bridgehead atoms. The first-order valence-electron chi connectivity index (χ1n) is 6.72. The molecule has 5 heteroatoms. The second kappa shape index (κ2) is 7.22. The molecule has 2 heterocycles. The largest absolute Gasteiger partial charge is 0.335 e. The molecular weight excluding hydrogens is 322 g/mol. The van der Waals surface area contributed by atoms with Gasteiger partial charge >= 0.3 is 0 Å². The van der Waals surface area contributed by atoms with Gasteiger partial charge in [0.25, 0.3) is 0 Å². The minimum Gasteiger partial charge on any atom is -0.335 e. The molecule has 0 aliphatic carbocycles. The summed E-state index contributed by atoms with van der Waals surface area (Å²) in [5, 5.41) is 5.69. The molecule has 0 spiro atoms. The number of imidazole rings is 1. The molecule has 0 aromatic carbocycles. The summed E-state index contributed by atoms with van der Waals surface area (Å²) in [6, 6.07) is 2.44. The summed E-state index contributed by atoms with van der Waals surface area (Å²) in [7, 11) is 0. The van der Waals surface area contributed by atoms with E-state index in [1.54, 1.807) is 11.3 Å². The molecule has 3 nitrogen and oxygen atoms in total. The van der Waals surface area contributed by atoms with Crippen LogP contribution in [0.2, 0.25) is 0 Å². The lowest BCUT2D eigenvalue weighted by Crippen LogP contribution is -2.24. The highest BCUT2D eigenvalue weighted by molar-refractivity contribution is 9.10. The van der Waals surface area contributed by atoms with Crippen molar-refractivity contribution in [1.29, 1.82) is 0 Å². The Balaban J connectivity index is 2.17. The van der Waals surface area contributed by atoms with Gasteiger partial charge in [-0.2, -0.15) is 0 Å². The second-order valence-corrected chi connectivity index (χ2v) is 6.29. The van der Waals surface area contributed by atoms with Crippen molar-refractivity contribution in [1.82, 2.24) is 14.9 Å². The second-order valence-electron chi connectivity index (χ2n) is 4.48. The van der Waals surface area contributed by atoms with E-state index in [4.69, 9.17) is 0 Å².